The number of hydrogen-bond donors (Lipinski definition) is 0. The summed E-state index contributed by atoms with van der Waals surface area (Å²) in [4.78, 5) is 16.8. The van der Waals surface area contributed by atoms with Crippen molar-refractivity contribution in [3.05, 3.63) is 35.9 Å². The van der Waals surface area contributed by atoms with E-state index in [1.165, 1.54) is 0 Å². The largest absolute Gasteiger partial charge is 0.458 e. The lowest BCUT2D eigenvalue weighted by Gasteiger charge is -2.25. The third-order valence-electron chi connectivity index (χ3n) is 2.70. The summed E-state index contributed by atoms with van der Waals surface area (Å²) in [5, 5.41) is 0.911. The van der Waals surface area contributed by atoms with E-state index in [0.29, 0.717) is 5.75 Å². The number of esters is 1. The SMILES string of the molecule is CC(C)(C)OC(=O)C1(C)CSC(c2ccccc2)=N1. The van der Waals surface area contributed by atoms with Gasteiger partial charge in [0.25, 0.3) is 0 Å². The molecule has 1 atom stereocenters. The lowest BCUT2D eigenvalue weighted by Crippen LogP contribution is -2.40. The standard InChI is InChI=1S/C15H19NO2S/c1-14(2,3)18-13(17)15(4)10-19-12(16-15)11-8-6-5-7-9-11/h5-9H,10H2,1-4H3. The van der Waals surface area contributed by atoms with Crippen LogP contribution in [0.1, 0.15) is 33.3 Å². The van der Waals surface area contributed by atoms with Crippen molar-refractivity contribution in [3.63, 3.8) is 0 Å². The van der Waals surface area contributed by atoms with Crippen LogP contribution in [-0.4, -0.2) is 27.9 Å². The molecule has 0 amide bonds. The van der Waals surface area contributed by atoms with Gasteiger partial charge in [-0.25, -0.2) is 4.79 Å². The summed E-state index contributed by atoms with van der Waals surface area (Å²) in [6, 6.07) is 9.93. The molecule has 19 heavy (non-hydrogen) atoms. The number of rotatable bonds is 2. The molecule has 102 valence electrons. The van der Waals surface area contributed by atoms with Gasteiger partial charge in [-0.3, -0.25) is 4.99 Å². The molecule has 1 unspecified atom stereocenters. The number of benzene rings is 1. The lowest BCUT2D eigenvalue weighted by molar-refractivity contribution is -0.159. The molecule has 0 spiro atoms. The van der Waals surface area contributed by atoms with Gasteiger partial charge in [0.1, 0.15) is 5.60 Å². The van der Waals surface area contributed by atoms with Gasteiger partial charge in [-0.05, 0) is 27.7 Å². The van der Waals surface area contributed by atoms with Crippen LogP contribution in [0.4, 0.5) is 0 Å². The first-order valence-corrected chi connectivity index (χ1v) is 7.30. The number of hydrogen-bond acceptors (Lipinski definition) is 4. The second-order valence-corrected chi connectivity index (χ2v) is 6.81. The van der Waals surface area contributed by atoms with Gasteiger partial charge in [0.05, 0.1) is 5.04 Å². The van der Waals surface area contributed by atoms with Crippen LogP contribution in [0.2, 0.25) is 0 Å². The van der Waals surface area contributed by atoms with Crippen molar-refractivity contribution in [2.24, 2.45) is 4.99 Å². The molecule has 2 rings (SSSR count). The van der Waals surface area contributed by atoms with E-state index in [-0.39, 0.29) is 5.97 Å². The van der Waals surface area contributed by atoms with Crippen LogP contribution in [0.25, 0.3) is 0 Å². The van der Waals surface area contributed by atoms with E-state index < -0.39 is 11.1 Å². The van der Waals surface area contributed by atoms with E-state index in [9.17, 15) is 4.79 Å². The molecular weight excluding hydrogens is 258 g/mol. The van der Waals surface area contributed by atoms with E-state index in [1.807, 2.05) is 58.0 Å². The Bertz CT molecular complexity index is 505. The first-order valence-electron chi connectivity index (χ1n) is 6.32. The fourth-order valence-corrected chi connectivity index (χ4v) is 2.89. The smallest absolute Gasteiger partial charge is 0.335 e. The summed E-state index contributed by atoms with van der Waals surface area (Å²) in [6.07, 6.45) is 0. The maximum Gasteiger partial charge on any atom is 0.335 e. The van der Waals surface area contributed by atoms with Gasteiger partial charge >= 0.3 is 5.97 Å². The van der Waals surface area contributed by atoms with Crippen molar-refractivity contribution >= 4 is 22.8 Å². The van der Waals surface area contributed by atoms with Gasteiger partial charge in [-0.2, -0.15) is 0 Å². The normalized spacial score (nSPS) is 23.1. The molecule has 1 aliphatic rings. The van der Waals surface area contributed by atoms with Crippen molar-refractivity contribution in [2.45, 2.75) is 38.8 Å². The number of ether oxygens (including phenoxy) is 1. The molecule has 0 fully saturated rings. The summed E-state index contributed by atoms with van der Waals surface area (Å²) >= 11 is 1.61. The van der Waals surface area contributed by atoms with E-state index in [0.717, 1.165) is 10.6 Å². The third-order valence-corrected chi connectivity index (χ3v) is 4.00. The van der Waals surface area contributed by atoms with Gasteiger partial charge in [0.15, 0.2) is 5.54 Å². The molecule has 0 radical (unpaired) electrons. The van der Waals surface area contributed by atoms with Gasteiger partial charge < -0.3 is 4.74 Å². The monoisotopic (exact) mass is 277 g/mol. The summed E-state index contributed by atoms with van der Waals surface area (Å²) in [7, 11) is 0. The fourth-order valence-electron chi connectivity index (χ4n) is 1.72. The second-order valence-electron chi connectivity index (χ2n) is 5.85. The number of aliphatic imine (C=N–C) groups is 1. The summed E-state index contributed by atoms with van der Waals surface area (Å²) in [6.45, 7) is 7.46. The first-order chi connectivity index (χ1) is 8.80. The highest BCUT2D eigenvalue weighted by Gasteiger charge is 2.41. The second kappa shape index (κ2) is 5.00. The van der Waals surface area contributed by atoms with Crippen molar-refractivity contribution < 1.29 is 9.53 Å². The molecule has 3 nitrogen and oxygen atoms in total. The van der Waals surface area contributed by atoms with E-state index in [2.05, 4.69) is 4.99 Å². The van der Waals surface area contributed by atoms with Gasteiger partial charge in [0, 0.05) is 11.3 Å². The number of carbonyl (C=O) groups excluding carboxylic acids is 1. The average Bonchev–Trinajstić information content (AvgIpc) is 2.72. The Balaban J connectivity index is 2.19. The molecule has 0 N–H and O–H groups in total. The summed E-state index contributed by atoms with van der Waals surface area (Å²) in [5.41, 5.74) is -0.196. The third kappa shape index (κ3) is 3.38. The highest BCUT2D eigenvalue weighted by molar-refractivity contribution is 8.14. The Morgan fingerprint density at radius 2 is 1.95 bits per heavy atom. The molecule has 4 heteroatoms. The lowest BCUT2D eigenvalue weighted by atomic mass is 10.1. The highest BCUT2D eigenvalue weighted by atomic mass is 32.2. The van der Waals surface area contributed by atoms with E-state index >= 15 is 0 Å². The minimum Gasteiger partial charge on any atom is -0.458 e. The molecular formula is C15H19NO2S. The van der Waals surface area contributed by atoms with Crippen molar-refractivity contribution in [1.82, 2.24) is 0 Å². The summed E-state index contributed by atoms with van der Waals surface area (Å²) < 4.78 is 5.45. The van der Waals surface area contributed by atoms with Crippen LogP contribution in [0.3, 0.4) is 0 Å². The first kappa shape index (κ1) is 14.1. The quantitative estimate of drug-likeness (QED) is 0.779. The Morgan fingerprint density at radius 3 is 2.53 bits per heavy atom. The number of thioether (sulfide) groups is 1. The van der Waals surface area contributed by atoms with Crippen molar-refractivity contribution in [2.75, 3.05) is 5.75 Å². The average molecular weight is 277 g/mol. The fraction of sp³-hybridized carbons (Fsp3) is 0.467. The van der Waals surface area contributed by atoms with Gasteiger partial charge in [-0.15, -0.1) is 11.8 Å². The molecule has 1 aliphatic heterocycles. The maximum absolute atomic E-state index is 12.2. The van der Waals surface area contributed by atoms with Gasteiger partial charge in [-0.1, -0.05) is 30.3 Å². The van der Waals surface area contributed by atoms with Crippen LogP contribution < -0.4 is 0 Å². The Hall–Kier alpha value is -1.29. The maximum atomic E-state index is 12.2. The van der Waals surface area contributed by atoms with Crippen LogP contribution >= 0.6 is 11.8 Å². The molecule has 0 bridgehead atoms. The minimum absolute atomic E-state index is 0.251. The molecule has 0 saturated carbocycles. The zero-order valence-corrected chi connectivity index (χ0v) is 12.6. The molecule has 1 heterocycles. The zero-order chi connectivity index (χ0) is 14.1. The molecule has 1 aromatic carbocycles. The highest BCUT2D eigenvalue weighted by Crippen LogP contribution is 2.32. The minimum atomic E-state index is -0.775. The summed E-state index contributed by atoms with van der Waals surface area (Å²) in [5.74, 6) is 0.380. The van der Waals surface area contributed by atoms with Crippen molar-refractivity contribution in [3.8, 4) is 0 Å². The van der Waals surface area contributed by atoms with Gasteiger partial charge in [0.2, 0.25) is 0 Å². The number of carbonyl (C=O) groups is 1. The predicted molar refractivity (Wildman–Crippen MR) is 79.7 cm³/mol. The van der Waals surface area contributed by atoms with E-state index in [1.54, 1.807) is 11.8 Å². The Kier molecular flexibility index (Phi) is 3.72. The molecule has 0 aromatic heterocycles. The predicted octanol–water partition coefficient (Wildman–Crippen LogP) is 3.28. The molecule has 1 aromatic rings. The van der Waals surface area contributed by atoms with Crippen LogP contribution in [0.5, 0.6) is 0 Å². The van der Waals surface area contributed by atoms with Crippen LogP contribution in [0.15, 0.2) is 35.3 Å². The van der Waals surface area contributed by atoms with E-state index in [4.69, 9.17) is 4.74 Å². The van der Waals surface area contributed by atoms with Crippen molar-refractivity contribution in [1.29, 1.82) is 0 Å². The topological polar surface area (TPSA) is 38.7 Å². The molecule has 0 aliphatic carbocycles. The van der Waals surface area contributed by atoms with Crippen LogP contribution in [0, 0.1) is 0 Å². The van der Waals surface area contributed by atoms with Crippen LogP contribution in [-0.2, 0) is 9.53 Å². The molecule has 0 saturated heterocycles. The number of nitrogens with zero attached hydrogens (tertiary/aromatic N) is 1. The Morgan fingerprint density at radius 1 is 1.32 bits per heavy atom. The zero-order valence-electron chi connectivity index (χ0n) is 11.8. The Labute approximate surface area is 118 Å².